The van der Waals surface area contributed by atoms with Gasteiger partial charge in [0.05, 0.1) is 12.7 Å². The van der Waals surface area contributed by atoms with Crippen LogP contribution in [0.5, 0.6) is 0 Å². The molecule has 1 aliphatic heterocycles. The fourth-order valence-corrected chi connectivity index (χ4v) is 3.05. The molecule has 0 aliphatic carbocycles. The fourth-order valence-electron chi connectivity index (χ4n) is 3.05. The van der Waals surface area contributed by atoms with Crippen LogP contribution in [0.1, 0.15) is 78.1 Å². The number of rotatable bonds is 13. The van der Waals surface area contributed by atoms with Crippen LogP contribution in [0.3, 0.4) is 0 Å². The number of aliphatic hydroxyl groups is 2. The molecule has 142 valence electrons. The molecule has 1 aliphatic rings. The third-order valence-corrected chi connectivity index (χ3v) is 4.75. The summed E-state index contributed by atoms with van der Waals surface area (Å²) >= 11 is 0. The van der Waals surface area contributed by atoms with Gasteiger partial charge in [-0.05, 0) is 6.42 Å². The topological polar surface area (TPSA) is 76.0 Å². The van der Waals surface area contributed by atoms with Crippen molar-refractivity contribution in [3.05, 3.63) is 0 Å². The van der Waals surface area contributed by atoms with E-state index in [1.54, 1.807) is 0 Å². The van der Waals surface area contributed by atoms with Gasteiger partial charge in [-0.2, -0.15) is 0 Å². The molecule has 1 heterocycles. The van der Waals surface area contributed by atoms with Crippen LogP contribution < -0.4 is 0 Å². The number of carbonyl (C=O) groups excluding carboxylic acids is 1. The molecule has 0 aromatic carbocycles. The van der Waals surface area contributed by atoms with E-state index in [0.29, 0.717) is 13.0 Å². The molecule has 4 atom stereocenters. The zero-order valence-corrected chi connectivity index (χ0v) is 15.4. The molecule has 1 fully saturated rings. The van der Waals surface area contributed by atoms with Gasteiger partial charge in [0.2, 0.25) is 0 Å². The molecule has 0 unspecified atom stereocenters. The van der Waals surface area contributed by atoms with Gasteiger partial charge in [-0.25, -0.2) is 0 Å². The largest absolute Gasteiger partial charge is 0.463 e. The van der Waals surface area contributed by atoms with Gasteiger partial charge in [0.1, 0.15) is 18.8 Å². The highest BCUT2D eigenvalue weighted by Gasteiger charge is 2.38. The van der Waals surface area contributed by atoms with Gasteiger partial charge in [0, 0.05) is 12.3 Å². The first-order chi connectivity index (χ1) is 11.6. The van der Waals surface area contributed by atoms with Crippen LogP contribution in [-0.4, -0.2) is 47.7 Å². The number of carbonyl (C=O) groups is 1. The van der Waals surface area contributed by atoms with Crippen molar-refractivity contribution in [3.8, 4) is 0 Å². The standard InChI is InChI=1S/C19H36O5/c1-3-4-5-6-7-8-9-10-11-12-17(21)23-14-16(20)19-18(22)15(2)13-24-19/h15-16,18-20,22H,3-14H2,1-2H3/t15-,16+,18+,19+/m0/s1. The van der Waals surface area contributed by atoms with Gasteiger partial charge in [0.15, 0.2) is 0 Å². The Morgan fingerprint density at radius 1 is 1.12 bits per heavy atom. The van der Waals surface area contributed by atoms with Crippen molar-refractivity contribution < 1.29 is 24.5 Å². The van der Waals surface area contributed by atoms with Crippen molar-refractivity contribution in [3.63, 3.8) is 0 Å². The lowest BCUT2D eigenvalue weighted by Gasteiger charge is -2.21. The lowest BCUT2D eigenvalue weighted by atomic mass is 10.0. The molecule has 2 N–H and O–H groups in total. The molecule has 0 spiro atoms. The van der Waals surface area contributed by atoms with Gasteiger partial charge < -0.3 is 19.7 Å². The van der Waals surface area contributed by atoms with Gasteiger partial charge >= 0.3 is 5.97 Å². The maximum absolute atomic E-state index is 11.7. The highest BCUT2D eigenvalue weighted by atomic mass is 16.6. The van der Waals surface area contributed by atoms with E-state index >= 15 is 0 Å². The van der Waals surface area contributed by atoms with E-state index in [2.05, 4.69) is 6.92 Å². The summed E-state index contributed by atoms with van der Waals surface area (Å²) in [4.78, 5) is 11.7. The summed E-state index contributed by atoms with van der Waals surface area (Å²) in [6.45, 7) is 4.41. The smallest absolute Gasteiger partial charge is 0.305 e. The van der Waals surface area contributed by atoms with E-state index in [1.165, 1.54) is 44.9 Å². The average Bonchev–Trinajstić information content (AvgIpc) is 2.90. The second kappa shape index (κ2) is 12.7. The predicted molar refractivity (Wildman–Crippen MR) is 93.7 cm³/mol. The molecule has 1 saturated heterocycles. The van der Waals surface area contributed by atoms with Crippen LogP contribution in [0.2, 0.25) is 0 Å². The molecule has 0 aromatic rings. The molecule has 0 amide bonds. The van der Waals surface area contributed by atoms with E-state index < -0.39 is 18.3 Å². The normalized spacial score (nSPS) is 24.9. The first kappa shape index (κ1) is 21.4. The number of hydrogen-bond donors (Lipinski definition) is 2. The highest BCUT2D eigenvalue weighted by Crippen LogP contribution is 2.22. The lowest BCUT2D eigenvalue weighted by Crippen LogP contribution is -2.39. The summed E-state index contributed by atoms with van der Waals surface area (Å²) in [5, 5.41) is 19.8. The molecule has 5 nitrogen and oxygen atoms in total. The van der Waals surface area contributed by atoms with Crippen molar-refractivity contribution in [2.75, 3.05) is 13.2 Å². The molecule has 0 saturated carbocycles. The Kier molecular flexibility index (Phi) is 11.3. The van der Waals surface area contributed by atoms with Crippen LogP contribution in [0.4, 0.5) is 0 Å². The van der Waals surface area contributed by atoms with Crippen LogP contribution in [0.15, 0.2) is 0 Å². The Balaban J connectivity index is 1.96. The van der Waals surface area contributed by atoms with Crippen LogP contribution in [0, 0.1) is 5.92 Å². The van der Waals surface area contributed by atoms with Crippen molar-refractivity contribution in [1.82, 2.24) is 0 Å². The SMILES string of the molecule is CCCCCCCCCCCC(=O)OC[C@@H](O)[C@H]1OC[C@H](C)[C@H]1O. The Morgan fingerprint density at radius 2 is 1.71 bits per heavy atom. The molecule has 0 bridgehead atoms. The first-order valence-electron chi connectivity index (χ1n) is 9.69. The maximum atomic E-state index is 11.7. The predicted octanol–water partition coefficient (Wildman–Crippen LogP) is 3.21. The number of esters is 1. The van der Waals surface area contributed by atoms with E-state index in [0.717, 1.165) is 12.8 Å². The minimum Gasteiger partial charge on any atom is -0.463 e. The zero-order valence-electron chi connectivity index (χ0n) is 15.4. The summed E-state index contributed by atoms with van der Waals surface area (Å²) in [7, 11) is 0. The second-order valence-electron chi connectivity index (χ2n) is 7.09. The molecule has 1 rings (SSSR count). The van der Waals surface area contributed by atoms with Crippen molar-refractivity contribution >= 4 is 5.97 Å². The number of aliphatic hydroxyl groups excluding tert-OH is 2. The van der Waals surface area contributed by atoms with Gasteiger partial charge in [-0.3, -0.25) is 4.79 Å². The highest BCUT2D eigenvalue weighted by molar-refractivity contribution is 5.69. The van der Waals surface area contributed by atoms with Crippen molar-refractivity contribution in [2.45, 2.75) is 96.4 Å². The summed E-state index contributed by atoms with van der Waals surface area (Å²) in [5.41, 5.74) is 0. The minimum atomic E-state index is -0.961. The molecular weight excluding hydrogens is 308 g/mol. The Morgan fingerprint density at radius 3 is 2.25 bits per heavy atom. The van der Waals surface area contributed by atoms with Gasteiger partial charge in [0.25, 0.3) is 0 Å². The van der Waals surface area contributed by atoms with Crippen molar-refractivity contribution in [2.24, 2.45) is 5.92 Å². The van der Waals surface area contributed by atoms with Gasteiger partial charge in [-0.1, -0.05) is 65.2 Å². The lowest BCUT2D eigenvalue weighted by molar-refractivity contribution is -0.151. The molecule has 0 aromatic heterocycles. The first-order valence-corrected chi connectivity index (χ1v) is 9.69. The van der Waals surface area contributed by atoms with Gasteiger partial charge in [-0.15, -0.1) is 0 Å². The van der Waals surface area contributed by atoms with Crippen LogP contribution >= 0.6 is 0 Å². The van der Waals surface area contributed by atoms with Crippen LogP contribution in [-0.2, 0) is 14.3 Å². The fraction of sp³-hybridized carbons (Fsp3) is 0.947. The second-order valence-corrected chi connectivity index (χ2v) is 7.09. The van der Waals surface area contributed by atoms with E-state index in [-0.39, 0.29) is 18.5 Å². The quantitative estimate of drug-likeness (QED) is 0.396. The summed E-state index contributed by atoms with van der Waals surface area (Å²) < 4.78 is 10.4. The third kappa shape index (κ3) is 8.45. The third-order valence-electron chi connectivity index (χ3n) is 4.75. The zero-order chi connectivity index (χ0) is 17.8. The maximum Gasteiger partial charge on any atom is 0.305 e. The minimum absolute atomic E-state index is 0.00215. The molecule has 24 heavy (non-hydrogen) atoms. The summed E-state index contributed by atoms with van der Waals surface area (Å²) in [5.74, 6) is -0.278. The Hall–Kier alpha value is -0.650. The number of unbranched alkanes of at least 4 members (excludes halogenated alkanes) is 8. The van der Waals surface area contributed by atoms with E-state index in [1.807, 2.05) is 6.92 Å². The number of hydrogen-bond acceptors (Lipinski definition) is 5. The van der Waals surface area contributed by atoms with Crippen LogP contribution in [0.25, 0.3) is 0 Å². The van der Waals surface area contributed by atoms with Crippen molar-refractivity contribution in [1.29, 1.82) is 0 Å². The Bertz CT molecular complexity index is 334. The molecule has 0 radical (unpaired) electrons. The number of ether oxygens (including phenoxy) is 2. The van der Waals surface area contributed by atoms with E-state index in [9.17, 15) is 15.0 Å². The summed E-state index contributed by atoms with van der Waals surface area (Å²) in [6, 6.07) is 0. The molecular formula is C19H36O5. The average molecular weight is 344 g/mol. The Labute approximate surface area is 146 Å². The summed E-state index contributed by atoms with van der Waals surface area (Å²) in [6.07, 6.45) is 8.94. The monoisotopic (exact) mass is 344 g/mol. The van der Waals surface area contributed by atoms with E-state index in [4.69, 9.17) is 9.47 Å². The molecule has 5 heteroatoms.